The summed E-state index contributed by atoms with van der Waals surface area (Å²) in [7, 11) is 1.63. The van der Waals surface area contributed by atoms with Crippen molar-refractivity contribution in [3.05, 3.63) is 35.4 Å². The molecule has 1 aromatic rings. The first-order chi connectivity index (χ1) is 8.97. The molecule has 1 aromatic carbocycles. The maximum absolute atomic E-state index is 13.6. The predicted octanol–water partition coefficient (Wildman–Crippen LogP) is 4.06. The van der Waals surface area contributed by atoms with Crippen molar-refractivity contribution in [2.75, 3.05) is 7.05 Å². The van der Waals surface area contributed by atoms with Crippen LogP contribution in [0.5, 0.6) is 0 Å². The zero-order valence-electron chi connectivity index (χ0n) is 11.7. The maximum atomic E-state index is 13.6. The highest BCUT2D eigenvalue weighted by molar-refractivity contribution is 5.76. The van der Waals surface area contributed by atoms with Gasteiger partial charge in [0.1, 0.15) is 11.6 Å². The lowest BCUT2D eigenvalue weighted by atomic mass is 10.1. The van der Waals surface area contributed by atoms with Crippen LogP contribution in [0.4, 0.5) is 8.78 Å². The summed E-state index contributed by atoms with van der Waals surface area (Å²) in [5, 5.41) is 0. The third kappa shape index (κ3) is 4.30. The largest absolute Gasteiger partial charge is 0.339 e. The van der Waals surface area contributed by atoms with Crippen LogP contribution in [0.1, 0.15) is 51.1 Å². The molecule has 0 spiro atoms. The van der Waals surface area contributed by atoms with Gasteiger partial charge in [0.25, 0.3) is 0 Å². The lowest BCUT2D eigenvalue weighted by Crippen LogP contribution is -2.30. The summed E-state index contributed by atoms with van der Waals surface area (Å²) in [5.41, 5.74) is 0.214. The van der Waals surface area contributed by atoms with E-state index in [9.17, 15) is 13.6 Å². The van der Waals surface area contributed by atoms with E-state index in [0.29, 0.717) is 6.42 Å². The fourth-order valence-electron chi connectivity index (χ4n) is 1.96. The van der Waals surface area contributed by atoms with Crippen LogP contribution < -0.4 is 0 Å². The first kappa shape index (κ1) is 15.6. The van der Waals surface area contributed by atoms with Gasteiger partial charge in [0, 0.05) is 19.0 Å². The van der Waals surface area contributed by atoms with Crippen LogP contribution in [-0.4, -0.2) is 17.9 Å². The standard InChI is InChI=1S/C15H21F2NO/c1-4-5-6-7-15(19)18(3)11(2)13-10-12(16)8-9-14(13)17/h8-11H,4-7H2,1-3H3. The van der Waals surface area contributed by atoms with Gasteiger partial charge in [0.05, 0.1) is 6.04 Å². The Labute approximate surface area is 113 Å². The number of carbonyl (C=O) groups excluding carboxylic acids is 1. The molecule has 0 saturated heterocycles. The highest BCUT2D eigenvalue weighted by Crippen LogP contribution is 2.23. The fourth-order valence-corrected chi connectivity index (χ4v) is 1.96. The molecule has 0 radical (unpaired) electrons. The molecule has 106 valence electrons. The molecule has 19 heavy (non-hydrogen) atoms. The predicted molar refractivity (Wildman–Crippen MR) is 71.7 cm³/mol. The molecule has 0 bridgehead atoms. The zero-order valence-corrected chi connectivity index (χ0v) is 11.7. The zero-order chi connectivity index (χ0) is 14.4. The van der Waals surface area contributed by atoms with Gasteiger partial charge in [-0.15, -0.1) is 0 Å². The summed E-state index contributed by atoms with van der Waals surface area (Å²) in [6.07, 6.45) is 3.33. The van der Waals surface area contributed by atoms with Gasteiger partial charge < -0.3 is 4.90 Å². The van der Waals surface area contributed by atoms with E-state index in [0.717, 1.165) is 37.5 Å². The SMILES string of the molecule is CCCCCC(=O)N(C)C(C)c1cc(F)ccc1F. The van der Waals surface area contributed by atoms with Crippen molar-refractivity contribution >= 4 is 5.91 Å². The van der Waals surface area contributed by atoms with Gasteiger partial charge in [-0.3, -0.25) is 4.79 Å². The van der Waals surface area contributed by atoms with Crippen molar-refractivity contribution in [2.24, 2.45) is 0 Å². The van der Waals surface area contributed by atoms with Crippen LogP contribution in [-0.2, 0) is 4.79 Å². The molecule has 0 aliphatic heterocycles. The second kappa shape index (κ2) is 7.22. The van der Waals surface area contributed by atoms with E-state index < -0.39 is 17.7 Å². The molecule has 0 heterocycles. The number of nitrogens with zero attached hydrogens (tertiary/aromatic N) is 1. The second-order valence-corrected chi connectivity index (χ2v) is 4.80. The first-order valence-electron chi connectivity index (χ1n) is 6.68. The van der Waals surface area contributed by atoms with E-state index in [-0.39, 0.29) is 11.5 Å². The fraction of sp³-hybridized carbons (Fsp3) is 0.533. The van der Waals surface area contributed by atoms with E-state index >= 15 is 0 Å². The molecule has 4 heteroatoms. The van der Waals surface area contributed by atoms with Crippen LogP contribution in [0.3, 0.4) is 0 Å². The Kier molecular flexibility index (Phi) is 5.93. The van der Waals surface area contributed by atoms with Crippen LogP contribution in [0.2, 0.25) is 0 Å². The molecular formula is C15H21F2NO. The minimum Gasteiger partial charge on any atom is -0.339 e. The average molecular weight is 269 g/mol. The van der Waals surface area contributed by atoms with Crippen molar-refractivity contribution in [1.82, 2.24) is 4.90 Å². The Balaban J connectivity index is 2.72. The smallest absolute Gasteiger partial charge is 0.222 e. The lowest BCUT2D eigenvalue weighted by molar-refractivity contribution is -0.132. The Morgan fingerprint density at radius 3 is 2.63 bits per heavy atom. The Morgan fingerprint density at radius 1 is 1.32 bits per heavy atom. The third-order valence-electron chi connectivity index (χ3n) is 3.38. The molecule has 1 unspecified atom stereocenters. The van der Waals surface area contributed by atoms with Crippen LogP contribution in [0.25, 0.3) is 0 Å². The van der Waals surface area contributed by atoms with Crippen molar-refractivity contribution < 1.29 is 13.6 Å². The number of halogens is 2. The van der Waals surface area contributed by atoms with E-state index in [2.05, 4.69) is 6.92 Å². The van der Waals surface area contributed by atoms with Crippen LogP contribution in [0.15, 0.2) is 18.2 Å². The molecule has 0 saturated carbocycles. The highest BCUT2D eigenvalue weighted by atomic mass is 19.1. The highest BCUT2D eigenvalue weighted by Gasteiger charge is 2.20. The lowest BCUT2D eigenvalue weighted by Gasteiger charge is -2.25. The van der Waals surface area contributed by atoms with E-state index in [4.69, 9.17) is 0 Å². The summed E-state index contributed by atoms with van der Waals surface area (Å²) in [5.74, 6) is -1.01. The summed E-state index contributed by atoms with van der Waals surface area (Å²) in [6.45, 7) is 3.77. The summed E-state index contributed by atoms with van der Waals surface area (Å²) < 4.78 is 26.8. The van der Waals surface area contributed by atoms with Gasteiger partial charge >= 0.3 is 0 Å². The van der Waals surface area contributed by atoms with Gasteiger partial charge in [0.15, 0.2) is 0 Å². The Bertz CT molecular complexity index is 434. The molecule has 0 aromatic heterocycles. The maximum Gasteiger partial charge on any atom is 0.222 e. The molecule has 0 fully saturated rings. The summed E-state index contributed by atoms with van der Waals surface area (Å²) >= 11 is 0. The van der Waals surface area contributed by atoms with Crippen molar-refractivity contribution in [3.63, 3.8) is 0 Å². The first-order valence-corrected chi connectivity index (χ1v) is 6.68. The summed E-state index contributed by atoms with van der Waals surface area (Å²) in [4.78, 5) is 13.4. The van der Waals surface area contributed by atoms with Crippen LogP contribution in [0, 0.1) is 11.6 Å². The second-order valence-electron chi connectivity index (χ2n) is 4.80. The number of carbonyl (C=O) groups is 1. The van der Waals surface area contributed by atoms with Crippen LogP contribution >= 0.6 is 0 Å². The van der Waals surface area contributed by atoms with Crippen molar-refractivity contribution in [2.45, 2.75) is 45.6 Å². The molecule has 0 N–H and O–H groups in total. The van der Waals surface area contributed by atoms with E-state index in [1.807, 2.05) is 0 Å². The normalized spacial score (nSPS) is 12.3. The number of hydrogen-bond donors (Lipinski definition) is 0. The number of benzene rings is 1. The molecule has 1 amide bonds. The average Bonchev–Trinajstić information content (AvgIpc) is 2.40. The molecule has 0 aliphatic rings. The monoisotopic (exact) mass is 269 g/mol. The summed E-state index contributed by atoms with van der Waals surface area (Å²) in [6, 6.07) is 2.85. The van der Waals surface area contributed by atoms with E-state index in [1.54, 1.807) is 14.0 Å². The minimum atomic E-state index is -0.491. The third-order valence-corrected chi connectivity index (χ3v) is 3.38. The Morgan fingerprint density at radius 2 is 2.00 bits per heavy atom. The quantitative estimate of drug-likeness (QED) is 0.713. The van der Waals surface area contributed by atoms with E-state index in [1.165, 1.54) is 4.90 Å². The molecule has 2 nitrogen and oxygen atoms in total. The van der Waals surface area contributed by atoms with Gasteiger partial charge in [-0.05, 0) is 31.5 Å². The molecule has 1 atom stereocenters. The number of hydrogen-bond acceptors (Lipinski definition) is 1. The van der Waals surface area contributed by atoms with Gasteiger partial charge in [-0.2, -0.15) is 0 Å². The molecular weight excluding hydrogens is 248 g/mol. The number of amides is 1. The number of rotatable bonds is 6. The van der Waals surface area contributed by atoms with Crippen molar-refractivity contribution in [1.29, 1.82) is 0 Å². The van der Waals surface area contributed by atoms with Gasteiger partial charge in [-0.25, -0.2) is 8.78 Å². The minimum absolute atomic E-state index is 0.0374. The number of unbranched alkanes of at least 4 members (excludes halogenated alkanes) is 2. The topological polar surface area (TPSA) is 20.3 Å². The molecule has 1 rings (SSSR count). The van der Waals surface area contributed by atoms with Crippen molar-refractivity contribution in [3.8, 4) is 0 Å². The Hall–Kier alpha value is -1.45. The molecule has 0 aliphatic carbocycles. The van der Waals surface area contributed by atoms with Gasteiger partial charge in [0.2, 0.25) is 5.91 Å². The van der Waals surface area contributed by atoms with Gasteiger partial charge in [-0.1, -0.05) is 19.8 Å².